The van der Waals surface area contributed by atoms with Gasteiger partial charge in [0.05, 0.1) is 5.69 Å². The van der Waals surface area contributed by atoms with Crippen LogP contribution in [0.15, 0.2) is 24.4 Å². The average Bonchev–Trinajstić information content (AvgIpc) is 2.76. The van der Waals surface area contributed by atoms with Crippen molar-refractivity contribution in [2.45, 2.75) is 26.8 Å². The molecule has 1 aliphatic rings. The van der Waals surface area contributed by atoms with E-state index < -0.39 is 0 Å². The molecule has 0 unspecified atom stereocenters. The van der Waals surface area contributed by atoms with Crippen LogP contribution in [0, 0.1) is 5.92 Å². The molecule has 0 spiro atoms. The van der Waals surface area contributed by atoms with Crippen LogP contribution in [0.25, 0.3) is 5.82 Å². The fourth-order valence-electron chi connectivity index (χ4n) is 2.78. The molecule has 20 heavy (non-hydrogen) atoms. The first kappa shape index (κ1) is 13.1. The number of hydrogen-bond donors (Lipinski definition) is 1. The van der Waals surface area contributed by atoms with E-state index in [1.807, 2.05) is 18.2 Å². The second-order valence-electron chi connectivity index (χ2n) is 5.79. The van der Waals surface area contributed by atoms with Crippen LogP contribution >= 0.6 is 0 Å². The minimum atomic E-state index is 0.670. The van der Waals surface area contributed by atoms with Crippen molar-refractivity contribution in [3.63, 3.8) is 0 Å². The summed E-state index contributed by atoms with van der Waals surface area (Å²) >= 11 is 0. The molecule has 5 nitrogen and oxygen atoms in total. The Morgan fingerprint density at radius 2 is 2.20 bits per heavy atom. The number of nitrogens with zero attached hydrogens (tertiary/aromatic N) is 4. The summed E-state index contributed by atoms with van der Waals surface area (Å²) in [5.41, 5.74) is 8.57. The third-order valence-corrected chi connectivity index (χ3v) is 3.64. The van der Waals surface area contributed by atoms with Crippen molar-refractivity contribution < 1.29 is 0 Å². The smallest absolute Gasteiger partial charge is 0.155 e. The van der Waals surface area contributed by atoms with Gasteiger partial charge in [0.25, 0.3) is 0 Å². The average molecular weight is 271 g/mol. The maximum atomic E-state index is 6.28. The number of pyridine rings is 1. The molecule has 2 aromatic heterocycles. The molecule has 2 N–H and O–H groups in total. The molecule has 0 fully saturated rings. The fraction of sp³-hybridized carbons (Fsp3) is 0.467. The Labute approximate surface area is 119 Å². The molecule has 0 aliphatic carbocycles. The zero-order valence-corrected chi connectivity index (χ0v) is 12.1. The molecule has 0 bridgehead atoms. The predicted octanol–water partition coefficient (Wildman–Crippen LogP) is 1.86. The Morgan fingerprint density at radius 1 is 1.35 bits per heavy atom. The third kappa shape index (κ3) is 2.41. The van der Waals surface area contributed by atoms with E-state index in [0.717, 1.165) is 43.4 Å². The van der Waals surface area contributed by atoms with E-state index in [1.165, 1.54) is 5.56 Å². The van der Waals surface area contributed by atoms with Crippen molar-refractivity contribution >= 4 is 5.82 Å². The first-order valence-corrected chi connectivity index (χ1v) is 7.15. The minimum Gasteiger partial charge on any atom is -0.383 e. The van der Waals surface area contributed by atoms with Crippen molar-refractivity contribution in [2.75, 3.05) is 18.8 Å². The Morgan fingerprint density at radius 3 is 2.90 bits per heavy atom. The van der Waals surface area contributed by atoms with Crippen LogP contribution in [0.1, 0.15) is 25.1 Å². The van der Waals surface area contributed by atoms with Gasteiger partial charge in [-0.25, -0.2) is 4.98 Å². The molecule has 3 rings (SSSR count). The molecule has 2 aromatic rings. The number of nitrogens with two attached hydrogens (primary N) is 1. The quantitative estimate of drug-likeness (QED) is 0.925. The van der Waals surface area contributed by atoms with Gasteiger partial charge in [0.2, 0.25) is 0 Å². The minimum absolute atomic E-state index is 0.670. The first-order chi connectivity index (χ1) is 9.65. The molecule has 0 aromatic carbocycles. The lowest BCUT2D eigenvalue weighted by molar-refractivity contribution is 0.226. The van der Waals surface area contributed by atoms with Crippen LogP contribution in [-0.2, 0) is 13.0 Å². The monoisotopic (exact) mass is 271 g/mol. The highest BCUT2D eigenvalue weighted by atomic mass is 15.4. The molecule has 5 heteroatoms. The van der Waals surface area contributed by atoms with E-state index in [2.05, 4.69) is 28.8 Å². The molecule has 106 valence electrons. The molecule has 0 saturated carbocycles. The number of nitrogen functional groups attached to an aromatic ring is 1. The zero-order valence-electron chi connectivity index (χ0n) is 12.1. The van der Waals surface area contributed by atoms with Gasteiger partial charge in [-0.2, -0.15) is 9.78 Å². The van der Waals surface area contributed by atoms with Gasteiger partial charge in [0, 0.05) is 37.8 Å². The summed E-state index contributed by atoms with van der Waals surface area (Å²) < 4.78 is 1.77. The van der Waals surface area contributed by atoms with Gasteiger partial charge >= 0.3 is 0 Å². The molecular weight excluding hydrogens is 250 g/mol. The first-order valence-electron chi connectivity index (χ1n) is 7.15. The van der Waals surface area contributed by atoms with E-state index >= 15 is 0 Å². The van der Waals surface area contributed by atoms with Gasteiger partial charge in [-0.05, 0) is 18.1 Å². The molecule has 3 heterocycles. The lowest BCUT2D eigenvalue weighted by Gasteiger charge is -2.27. The van der Waals surface area contributed by atoms with E-state index in [1.54, 1.807) is 10.9 Å². The van der Waals surface area contributed by atoms with Gasteiger partial charge in [-0.3, -0.25) is 4.90 Å². The predicted molar refractivity (Wildman–Crippen MR) is 79.6 cm³/mol. The second kappa shape index (κ2) is 5.25. The number of hydrogen-bond acceptors (Lipinski definition) is 4. The van der Waals surface area contributed by atoms with Crippen molar-refractivity contribution in [3.05, 3.63) is 35.7 Å². The molecule has 0 radical (unpaired) electrons. The summed E-state index contributed by atoms with van der Waals surface area (Å²) in [5, 5.41) is 4.64. The molecule has 0 atom stereocenters. The van der Waals surface area contributed by atoms with Crippen molar-refractivity contribution in [3.8, 4) is 5.82 Å². The van der Waals surface area contributed by atoms with Crippen LogP contribution in [0.4, 0.5) is 5.82 Å². The lowest BCUT2D eigenvalue weighted by atomic mass is 10.1. The number of anilines is 1. The number of rotatable bonds is 3. The van der Waals surface area contributed by atoms with E-state index in [0.29, 0.717) is 5.92 Å². The Balaban J connectivity index is 1.90. The third-order valence-electron chi connectivity index (χ3n) is 3.64. The summed E-state index contributed by atoms with van der Waals surface area (Å²) in [7, 11) is 0. The lowest BCUT2D eigenvalue weighted by Crippen LogP contribution is -2.33. The van der Waals surface area contributed by atoms with Gasteiger partial charge in [0.1, 0.15) is 5.82 Å². The standard InChI is InChI=1S/C15H21N5/c1-11(2)9-19-8-6-13-12(10-19)15(16)20(18-13)14-5-3-4-7-17-14/h3-5,7,11H,6,8-10,16H2,1-2H3. The summed E-state index contributed by atoms with van der Waals surface area (Å²) in [4.78, 5) is 6.78. The Kier molecular flexibility index (Phi) is 3.44. The Hall–Kier alpha value is -1.88. The highest BCUT2D eigenvalue weighted by molar-refractivity contribution is 5.49. The molecule has 1 aliphatic heterocycles. The van der Waals surface area contributed by atoms with Crippen molar-refractivity contribution in [2.24, 2.45) is 5.92 Å². The van der Waals surface area contributed by atoms with Crippen molar-refractivity contribution in [1.82, 2.24) is 19.7 Å². The van der Waals surface area contributed by atoms with Crippen LogP contribution in [-0.4, -0.2) is 32.8 Å². The van der Waals surface area contributed by atoms with Crippen LogP contribution in [0.3, 0.4) is 0 Å². The number of aromatic nitrogens is 3. The topological polar surface area (TPSA) is 60.0 Å². The molecule has 0 amide bonds. The highest BCUT2D eigenvalue weighted by Gasteiger charge is 2.24. The number of fused-ring (bicyclic) bond motifs is 1. The zero-order chi connectivity index (χ0) is 14.1. The normalized spacial score (nSPS) is 15.6. The van der Waals surface area contributed by atoms with Crippen LogP contribution in [0.5, 0.6) is 0 Å². The maximum absolute atomic E-state index is 6.28. The largest absolute Gasteiger partial charge is 0.383 e. The molecule has 0 saturated heterocycles. The molecular formula is C15H21N5. The van der Waals surface area contributed by atoms with Gasteiger partial charge in [-0.15, -0.1) is 0 Å². The highest BCUT2D eigenvalue weighted by Crippen LogP contribution is 2.26. The van der Waals surface area contributed by atoms with E-state index in [-0.39, 0.29) is 0 Å². The van der Waals surface area contributed by atoms with Crippen LogP contribution in [0.2, 0.25) is 0 Å². The van der Waals surface area contributed by atoms with Crippen LogP contribution < -0.4 is 5.73 Å². The van der Waals surface area contributed by atoms with Gasteiger partial charge in [-0.1, -0.05) is 19.9 Å². The summed E-state index contributed by atoms with van der Waals surface area (Å²) in [6.45, 7) is 7.55. The summed E-state index contributed by atoms with van der Waals surface area (Å²) in [6.07, 6.45) is 2.73. The van der Waals surface area contributed by atoms with E-state index in [4.69, 9.17) is 5.73 Å². The van der Waals surface area contributed by atoms with Gasteiger partial charge < -0.3 is 5.73 Å². The summed E-state index contributed by atoms with van der Waals surface area (Å²) in [6, 6.07) is 5.78. The van der Waals surface area contributed by atoms with Crippen molar-refractivity contribution in [1.29, 1.82) is 0 Å². The second-order valence-corrected chi connectivity index (χ2v) is 5.79. The fourth-order valence-corrected chi connectivity index (χ4v) is 2.78. The maximum Gasteiger partial charge on any atom is 0.155 e. The summed E-state index contributed by atoms with van der Waals surface area (Å²) in [5.74, 6) is 2.19. The van der Waals surface area contributed by atoms with E-state index in [9.17, 15) is 0 Å². The SMILES string of the molecule is CC(C)CN1CCc2nn(-c3ccccn3)c(N)c2C1. The van der Waals surface area contributed by atoms with Gasteiger partial charge in [0.15, 0.2) is 5.82 Å². The Bertz CT molecular complexity index is 588.